The molecule has 0 fully saturated rings. The van der Waals surface area contributed by atoms with Crippen LogP contribution in [0.2, 0.25) is 0 Å². The van der Waals surface area contributed by atoms with Crippen LogP contribution in [0.15, 0.2) is 58.6 Å². The van der Waals surface area contributed by atoms with E-state index in [1.807, 2.05) is 28.8 Å². The van der Waals surface area contributed by atoms with E-state index in [1.165, 1.54) is 16.8 Å². The highest BCUT2D eigenvalue weighted by Crippen LogP contribution is 2.28. The number of para-hydroxylation sites is 1. The molecule has 2 aromatic rings. The van der Waals surface area contributed by atoms with Gasteiger partial charge >= 0.3 is 0 Å². The van der Waals surface area contributed by atoms with Crippen LogP contribution >= 0.6 is 0 Å². The lowest BCUT2D eigenvalue weighted by Crippen LogP contribution is -2.24. The molecular formula is C22H25N3O. The number of hydrogen-bond donors (Lipinski definition) is 0. The largest absolute Gasteiger partial charge is 0.381 e. The summed E-state index contributed by atoms with van der Waals surface area (Å²) in [5.74, 6) is 0.856. The molecule has 0 unspecified atom stereocenters. The van der Waals surface area contributed by atoms with Crippen molar-refractivity contribution >= 4 is 16.5 Å². The molecule has 0 spiro atoms. The molecule has 1 aromatic carbocycles. The zero-order valence-corrected chi connectivity index (χ0v) is 15.5. The average molecular weight is 347 g/mol. The lowest BCUT2D eigenvalue weighted by Gasteiger charge is -2.20. The Morgan fingerprint density at radius 2 is 1.92 bits per heavy atom. The number of benzene rings is 1. The van der Waals surface area contributed by atoms with Gasteiger partial charge in [0.15, 0.2) is 0 Å². The summed E-state index contributed by atoms with van der Waals surface area (Å²) in [6.07, 6.45) is 11.9. The Kier molecular flexibility index (Phi) is 4.49. The molecule has 134 valence electrons. The van der Waals surface area contributed by atoms with E-state index < -0.39 is 0 Å². The van der Waals surface area contributed by atoms with Gasteiger partial charge in [-0.1, -0.05) is 24.3 Å². The second-order valence-corrected chi connectivity index (χ2v) is 7.33. The number of nitrogens with zero attached hydrogens (tertiary/aromatic N) is 3. The Morgan fingerprint density at radius 3 is 2.69 bits per heavy atom. The highest BCUT2D eigenvalue weighted by molar-refractivity contribution is 5.79. The fraction of sp³-hybridized carbons (Fsp3) is 0.364. The Labute approximate surface area is 154 Å². The zero-order chi connectivity index (χ0) is 18.1. The van der Waals surface area contributed by atoms with Crippen molar-refractivity contribution in [1.29, 1.82) is 0 Å². The molecule has 2 heterocycles. The van der Waals surface area contributed by atoms with E-state index in [-0.39, 0.29) is 5.56 Å². The van der Waals surface area contributed by atoms with Gasteiger partial charge in [0.05, 0.1) is 10.9 Å². The molecule has 1 aliphatic carbocycles. The Morgan fingerprint density at radius 1 is 1.08 bits per heavy atom. The van der Waals surface area contributed by atoms with Crippen molar-refractivity contribution in [3.8, 4) is 0 Å². The van der Waals surface area contributed by atoms with Crippen molar-refractivity contribution in [2.45, 2.75) is 38.6 Å². The lowest BCUT2D eigenvalue weighted by molar-refractivity contribution is 0.484. The van der Waals surface area contributed by atoms with E-state index in [0.29, 0.717) is 5.39 Å². The maximum absolute atomic E-state index is 12.9. The van der Waals surface area contributed by atoms with E-state index in [4.69, 9.17) is 4.98 Å². The van der Waals surface area contributed by atoms with Gasteiger partial charge in [-0.15, -0.1) is 0 Å². The molecule has 4 heteroatoms. The Bertz CT molecular complexity index is 992. The van der Waals surface area contributed by atoms with Crippen LogP contribution in [0.4, 0.5) is 0 Å². The molecule has 4 rings (SSSR count). The smallest absolute Gasteiger partial charge is 0.261 e. The maximum Gasteiger partial charge on any atom is 0.261 e. The topological polar surface area (TPSA) is 38.1 Å². The predicted molar refractivity (Wildman–Crippen MR) is 107 cm³/mol. The van der Waals surface area contributed by atoms with Gasteiger partial charge in [-0.3, -0.25) is 9.36 Å². The van der Waals surface area contributed by atoms with Gasteiger partial charge in [0.2, 0.25) is 0 Å². The molecule has 2 aliphatic rings. The van der Waals surface area contributed by atoms with Crippen molar-refractivity contribution in [3.05, 3.63) is 69.9 Å². The monoisotopic (exact) mass is 347 g/mol. The van der Waals surface area contributed by atoms with Crippen LogP contribution < -0.4 is 5.56 Å². The fourth-order valence-corrected chi connectivity index (χ4v) is 3.81. The highest BCUT2D eigenvalue weighted by atomic mass is 16.1. The molecule has 0 amide bonds. The second kappa shape index (κ2) is 6.94. The third kappa shape index (κ3) is 3.12. The minimum absolute atomic E-state index is 0.0887. The molecule has 0 radical (unpaired) electrons. The molecule has 26 heavy (non-hydrogen) atoms. The van der Waals surface area contributed by atoms with Gasteiger partial charge in [-0.05, 0) is 61.5 Å². The number of allylic oxidation sites excluding steroid dienone is 6. The first-order valence-corrected chi connectivity index (χ1v) is 9.41. The van der Waals surface area contributed by atoms with E-state index in [2.05, 4.69) is 37.2 Å². The van der Waals surface area contributed by atoms with Crippen molar-refractivity contribution in [1.82, 2.24) is 14.5 Å². The van der Waals surface area contributed by atoms with Crippen molar-refractivity contribution in [3.63, 3.8) is 0 Å². The first kappa shape index (κ1) is 16.8. The van der Waals surface area contributed by atoms with Gasteiger partial charge in [0, 0.05) is 26.3 Å². The first-order valence-electron chi connectivity index (χ1n) is 9.41. The van der Waals surface area contributed by atoms with Gasteiger partial charge in [0.25, 0.3) is 5.56 Å². The van der Waals surface area contributed by atoms with Gasteiger partial charge in [-0.2, -0.15) is 0 Å². The summed E-state index contributed by atoms with van der Waals surface area (Å²) in [6.45, 7) is 0.757. The van der Waals surface area contributed by atoms with Crippen molar-refractivity contribution in [2.24, 2.45) is 0 Å². The number of fused-ring (bicyclic) bond motifs is 2. The third-order valence-corrected chi connectivity index (χ3v) is 5.32. The predicted octanol–water partition coefficient (Wildman–Crippen LogP) is 4.13. The fourth-order valence-electron chi connectivity index (χ4n) is 3.81. The summed E-state index contributed by atoms with van der Waals surface area (Å²) in [5.41, 5.74) is 4.75. The third-order valence-electron chi connectivity index (χ3n) is 5.32. The molecule has 0 atom stereocenters. The van der Waals surface area contributed by atoms with Crippen LogP contribution in [0.5, 0.6) is 0 Å². The van der Waals surface area contributed by atoms with E-state index in [9.17, 15) is 4.79 Å². The summed E-state index contributed by atoms with van der Waals surface area (Å²) in [6, 6.07) is 7.67. The Hall–Kier alpha value is -2.62. The van der Waals surface area contributed by atoms with Gasteiger partial charge in [0.1, 0.15) is 5.82 Å². The summed E-state index contributed by atoms with van der Waals surface area (Å²) >= 11 is 0. The quantitative estimate of drug-likeness (QED) is 0.820. The van der Waals surface area contributed by atoms with Crippen LogP contribution in [0.1, 0.15) is 37.9 Å². The number of aromatic nitrogens is 2. The number of hydrogen-bond acceptors (Lipinski definition) is 3. The van der Waals surface area contributed by atoms with E-state index >= 15 is 0 Å². The van der Waals surface area contributed by atoms with E-state index in [0.717, 1.165) is 50.0 Å². The summed E-state index contributed by atoms with van der Waals surface area (Å²) in [4.78, 5) is 20.0. The standard InChI is InChI=1S/C22H25N3O/c1-24(2)18-12-10-16(11-13-18)15-17-7-5-6-14-25-21(17)23-20-9-4-3-8-19(20)22(25)26/h3-4,8-10,12,15H,5-7,11,13-14H2,1-2H3. The SMILES string of the molecule is CN(C)C1=CC=C(C=C2CCCCn3c2nc2ccccc2c3=O)CC1. The first-order chi connectivity index (χ1) is 12.6. The summed E-state index contributed by atoms with van der Waals surface area (Å²) in [5, 5.41) is 0.716. The van der Waals surface area contributed by atoms with Crippen LogP contribution in [-0.2, 0) is 6.54 Å². The van der Waals surface area contributed by atoms with Crippen molar-refractivity contribution in [2.75, 3.05) is 14.1 Å². The summed E-state index contributed by atoms with van der Waals surface area (Å²) in [7, 11) is 4.18. The lowest BCUT2D eigenvalue weighted by atomic mass is 9.98. The molecule has 4 nitrogen and oxygen atoms in total. The van der Waals surface area contributed by atoms with Gasteiger partial charge in [-0.25, -0.2) is 4.98 Å². The molecular weight excluding hydrogens is 322 g/mol. The van der Waals surface area contributed by atoms with Crippen LogP contribution in [0.3, 0.4) is 0 Å². The minimum atomic E-state index is 0.0887. The molecule has 1 aliphatic heterocycles. The minimum Gasteiger partial charge on any atom is -0.381 e. The van der Waals surface area contributed by atoms with E-state index in [1.54, 1.807) is 0 Å². The molecule has 0 saturated carbocycles. The highest BCUT2D eigenvalue weighted by Gasteiger charge is 2.18. The summed E-state index contributed by atoms with van der Waals surface area (Å²) < 4.78 is 1.88. The van der Waals surface area contributed by atoms with Gasteiger partial charge < -0.3 is 4.90 Å². The van der Waals surface area contributed by atoms with Crippen molar-refractivity contribution < 1.29 is 0 Å². The molecule has 0 bridgehead atoms. The molecule has 0 saturated heterocycles. The normalized spacial score (nSPS) is 18.9. The van der Waals surface area contributed by atoms with Crippen LogP contribution in [-0.4, -0.2) is 28.5 Å². The Balaban J connectivity index is 1.81. The maximum atomic E-state index is 12.9. The van der Waals surface area contributed by atoms with Crippen LogP contribution in [0.25, 0.3) is 16.5 Å². The zero-order valence-electron chi connectivity index (χ0n) is 15.5. The molecule has 0 N–H and O–H groups in total. The van der Waals surface area contributed by atoms with Crippen LogP contribution in [0, 0.1) is 0 Å². The molecule has 1 aromatic heterocycles. The second-order valence-electron chi connectivity index (χ2n) is 7.33. The number of rotatable bonds is 2. The average Bonchev–Trinajstić information content (AvgIpc) is 2.85.